The maximum Gasteiger partial charge on any atom is 0.182 e. The van der Waals surface area contributed by atoms with Gasteiger partial charge in [0.1, 0.15) is 6.10 Å². The molecule has 4 atom stereocenters. The Hall–Kier alpha value is -0.160. The van der Waals surface area contributed by atoms with Crippen LogP contribution in [-0.2, 0) is 4.74 Å². The molecule has 0 aromatic rings. The minimum atomic E-state index is -1.05. The Labute approximate surface area is 66.2 Å². The molecule has 1 saturated heterocycles. The maximum atomic E-state index is 9.32. The molecule has 4 nitrogen and oxygen atoms in total. The molecule has 1 fully saturated rings. The average molecular weight is 161 g/mol. The zero-order chi connectivity index (χ0) is 8.43. The van der Waals surface area contributed by atoms with Gasteiger partial charge in [0.15, 0.2) is 6.29 Å². The summed E-state index contributed by atoms with van der Waals surface area (Å²) in [5.74, 6) is 0. The fourth-order valence-corrected chi connectivity index (χ4v) is 1.36. The van der Waals surface area contributed by atoms with Crippen LogP contribution in [0.2, 0.25) is 0 Å². The second-order valence-corrected chi connectivity index (χ2v) is 2.96. The third-order valence-corrected chi connectivity index (χ3v) is 2.03. The molecule has 0 spiro atoms. The van der Waals surface area contributed by atoms with E-state index in [1.54, 1.807) is 7.05 Å². The van der Waals surface area contributed by atoms with Gasteiger partial charge in [-0.1, -0.05) is 0 Å². The number of rotatable bonds is 1. The Kier molecular flexibility index (Phi) is 2.84. The summed E-state index contributed by atoms with van der Waals surface area (Å²) >= 11 is 0. The highest BCUT2D eigenvalue weighted by molar-refractivity contribution is 4.83. The molecule has 1 rings (SSSR count). The summed E-state index contributed by atoms with van der Waals surface area (Å²) in [7, 11) is 1.76. The number of ether oxygens (including phenoxy) is 1. The summed E-state index contributed by atoms with van der Waals surface area (Å²) in [6, 6.07) is -0.0613. The van der Waals surface area contributed by atoms with Crippen LogP contribution in [0.1, 0.15) is 13.3 Å². The van der Waals surface area contributed by atoms with Gasteiger partial charge in [0.2, 0.25) is 0 Å². The number of aliphatic hydroxyl groups excluding tert-OH is 2. The number of nitrogens with one attached hydrogen (secondary N) is 1. The van der Waals surface area contributed by atoms with E-state index in [1.807, 2.05) is 6.92 Å². The van der Waals surface area contributed by atoms with E-state index in [0.29, 0.717) is 0 Å². The van der Waals surface area contributed by atoms with Crippen LogP contribution in [0.15, 0.2) is 0 Å². The SMILES string of the molecule is CNC1CC(C)O[C@@H](O)[C@@H]1O. The maximum absolute atomic E-state index is 9.32. The van der Waals surface area contributed by atoms with Crippen molar-refractivity contribution >= 4 is 0 Å². The summed E-state index contributed by atoms with van der Waals surface area (Å²) in [5.41, 5.74) is 0. The van der Waals surface area contributed by atoms with E-state index >= 15 is 0 Å². The normalized spacial score (nSPS) is 45.8. The molecule has 3 N–H and O–H groups in total. The third kappa shape index (κ3) is 1.90. The first-order chi connectivity index (χ1) is 5.15. The van der Waals surface area contributed by atoms with Crippen LogP contribution in [-0.4, -0.2) is 41.8 Å². The molecule has 1 heterocycles. The standard InChI is InChI=1S/C7H15NO3/c1-4-3-5(8-2)6(9)7(10)11-4/h4-10H,3H2,1-2H3/t4?,5?,6-,7-/m1/s1. The minimum Gasteiger partial charge on any atom is -0.386 e. The first-order valence-electron chi connectivity index (χ1n) is 3.84. The molecular formula is C7H15NO3. The van der Waals surface area contributed by atoms with Crippen molar-refractivity contribution < 1.29 is 14.9 Å². The molecule has 4 heteroatoms. The van der Waals surface area contributed by atoms with Gasteiger partial charge in [-0.2, -0.15) is 0 Å². The summed E-state index contributed by atoms with van der Waals surface area (Å²) in [5, 5.41) is 21.4. The zero-order valence-corrected chi connectivity index (χ0v) is 6.82. The fraction of sp³-hybridized carbons (Fsp3) is 1.00. The molecule has 1 aliphatic heterocycles. The van der Waals surface area contributed by atoms with Crippen LogP contribution in [0, 0.1) is 0 Å². The van der Waals surface area contributed by atoms with Gasteiger partial charge in [-0.15, -0.1) is 0 Å². The van der Waals surface area contributed by atoms with Crippen molar-refractivity contribution in [3.05, 3.63) is 0 Å². The predicted octanol–water partition coefficient (Wildman–Crippen LogP) is -0.938. The Balaban J connectivity index is 2.51. The van der Waals surface area contributed by atoms with Crippen LogP contribution in [0.4, 0.5) is 0 Å². The van der Waals surface area contributed by atoms with Gasteiger partial charge in [-0.25, -0.2) is 0 Å². The average Bonchev–Trinajstić information content (AvgIpc) is 1.96. The van der Waals surface area contributed by atoms with E-state index in [4.69, 9.17) is 9.84 Å². The van der Waals surface area contributed by atoms with Crippen molar-refractivity contribution in [2.45, 2.75) is 37.9 Å². The van der Waals surface area contributed by atoms with Crippen molar-refractivity contribution in [3.8, 4) is 0 Å². The van der Waals surface area contributed by atoms with E-state index < -0.39 is 12.4 Å². The first-order valence-corrected chi connectivity index (χ1v) is 3.84. The number of likely N-dealkylation sites (N-methyl/N-ethyl adjacent to an activating group) is 1. The molecule has 2 unspecified atom stereocenters. The lowest BCUT2D eigenvalue weighted by molar-refractivity contribution is -0.219. The summed E-state index contributed by atoms with van der Waals surface area (Å²) in [6.45, 7) is 1.87. The second kappa shape index (κ2) is 3.49. The molecule has 0 aromatic heterocycles. The molecule has 0 aromatic carbocycles. The number of hydrogen-bond donors (Lipinski definition) is 3. The van der Waals surface area contributed by atoms with Crippen LogP contribution >= 0.6 is 0 Å². The molecule has 66 valence electrons. The fourth-order valence-electron chi connectivity index (χ4n) is 1.36. The van der Waals surface area contributed by atoms with Gasteiger partial charge in [0.25, 0.3) is 0 Å². The summed E-state index contributed by atoms with van der Waals surface area (Å²) < 4.78 is 5.00. The molecule has 1 aliphatic rings. The largest absolute Gasteiger partial charge is 0.386 e. The van der Waals surface area contributed by atoms with Crippen molar-refractivity contribution in [3.63, 3.8) is 0 Å². The Bertz CT molecular complexity index is 131. The van der Waals surface area contributed by atoms with Gasteiger partial charge in [0, 0.05) is 6.04 Å². The van der Waals surface area contributed by atoms with E-state index in [9.17, 15) is 5.11 Å². The van der Waals surface area contributed by atoms with Crippen LogP contribution in [0.5, 0.6) is 0 Å². The highest BCUT2D eigenvalue weighted by atomic mass is 16.6. The van der Waals surface area contributed by atoms with Crippen molar-refractivity contribution in [2.24, 2.45) is 0 Å². The zero-order valence-electron chi connectivity index (χ0n) is 6.82. The number of aliphatic hydroxyl groups is 2. The van der Waals surface area contributed by atoms with E-state index in [1.165, 1.54) is 0 Å². The van der Waals surface area contributed by atoms with Crippen LogP contribution in [0.25, 0.3) is 0 Å². The molecular weight excluding hydrogens is 146 g/mol. The molecule has 0 bridgehead atoms. The van der Waals surface area contributed by atoms with Gasteiger partial charge >= 0.3 is 0 Å². The molecule has 0 aliphatic carbocycles. The van der Waals surface area contributed by atoms with E-state index in [-0.39, 0.29) is 12.1 Å². The van der Waals surface area contributed by atoms with Crippen LogP contribution in [0.3, 0.4) is 0 Å². The Morgan fingerprint density at radius 2 is 2.09 bits per heavy atom. The van der Waals surface area contributed by atoms with Crippen molar-refractivity contribution in [2.75, 3.05) is 7.05 Å². The molecule has 0 saturated carbocycles. The highest BCUT2D eigenvalue weighted by Crippen LogP contribution is 2.17. The third-order valence-electron chi connectivity index (χ3n) is 2.03. The van der Waals surface area contributed by atoms with Gasteiger partial charge < -0.3 is 20.3 Å². The quantitative estimate of drug-likeness (QED) is 0.464. The smallest absolute Gasteiger partial charge is 0.182 e. The Morgan fingerprint density at radius 1 is 1.45 bits per heavy atom. The highest BCUT2D eigenvalue weighted by Gasteiger charge is 2.33. The Morgan fingerprint density at radius 3 is 2.64 bits per heavy atom. The predicted molar refractivity (Wildman–Crippen MR) is 40.0 cm³/mol. The topological polar surface area (TPSA) is 61.7 Å². The van der Waals surface area contributed by atoms with Gasteiger partial charge in [-0.05, 0) is 20.4 Å². The first kappa shape index (κ1) is 8.93. The number of hydrogen-bond acceptors (Lipinski definition) is 4. The molecule has 0 amide bonds. The van der Waals surface area contributed by atoms with E-state index in [0.717, 1.165) is 6.42 Å². The van der Waals surface area contributed by atoms with Crippen molar-refractivity contribution in [1.29, 1.82) is 0 Å². The minimum absolute atomic E-state index is 0.00542. The second-order valence-electron chi connectivity index (χ2n) is 2.96. The molecule has 0 radical (unpaired) electrons. The van der Waals surface area contributed by atoms with Gasteiger partial charge in [0.05, 0.1) is 6.10 Å². The molecule has 11 heavy (non-hydrogen) atoms. The lowest BCUT2D eigenvalue weighted by Crippen LogP contribution is -2.52. The lowest BCUT2D eigenvalue weighted by Gasteiger charge is -2.35. The summed E-state index contributed by atoms with van der Waals surface area (Å²) in [4.78, 5) is 0. The van der Waals surface area contributed by atoms with Crippen LogP contribution < -0.4 is 5.32 Å². The van der Waals surface area contributed by atoms with Crippen molar-refractivity contribution in [1.82, 2.24) is 5.32 Å². The van der Waals surface area contributed by atoms with Gasteiger partial charge in [-0.3, -0.25) is 0 Å². The lowest BCUT2D eigenvalue weighted by atomic mass is 10.0. The monoisotopic (exact) mass is 161 g/mol. The summed E-state index contributed by atoms with van der Waals surface area (Å²) in [6.07, 6.45) is -1.12. The van der Waals surface area contributed by atoms with E-state index in [2.05, 4.69) is 5.32 Å².